The molecule has 0 saturated carbocycles. The number of para-hydroxylation sites is 1. The van der Waals surface area contributed by atoms with Gasteiger partial charge in [-0.25, -0.2) is 0 Å². The van der Waals surface area contributed by atoms with Crippen molar-refractivity contribution in [3.05, 3.63) is 29.8 Å². The van der Waals surface area contributed by atoms with E-state index in [1.807, 2.05) is 0 Å². The summed E-state index contributed by atoms with van der Waals surface area (Å²) in [6.45, 7) is 5.75. The number of piperidine rings is 1. The predicted molar refractivity (Wildman–Crippen MR) is 83.8 cm³/mol. The molecule has 1 aromatic carbocycles. The van der Waals surface area contributed by atoms with Crippen molar-refractivity contribution in [3.63, 3.8) is 0 Å². The summed E-state index contributed by atoms with van der Waals surface area (Å²) in [7, 11) is 0. The van der Waals surface area contributed by atoms with Crippen LogP contribution in [0.15, 0.2) is 24.3 Å². The Morgan fingerprint density at radius 3 is 2.89 bits per heavy atom. The Labute approximate surface area is 118 Å². The fraction of sp³-hybridized carbons (Fsp3) is 0.647. The minimum atomic E-state index is 0.536. The maximum absolute atomic E-state index is 3.70. The SMILES string of the molecule is CCCc1ccccc1NC(C)CC1CCCCN1. The Kier molecular flexibility index (Phi) is 5.71. The first-order valence-electron chi connectivity index (χ1n) is 7.87. The van der Waals surface area contributed by atoms with Gasteiger partial charge in [-0.2, -0.15) is 0 Å². The first-order chi connectivity index (χ1) is 9.29. The van der Waals surface area contributed by atoms with E-state index < -0.39 is 0 Å². The van der Waals surface area contributed by atoms with E-state index >= 15 is 0 Å². The summed E-state index contributed by atoms with van der Waals surface area (Å²) in [4.78, 5) is 0. The summed E-state index contributed by atoms with van der Waals surface area (Å²) in [5.74, 6) is 0. The molecule has 2 atom stereocenters. The summed E-state index contributed by atoms with van der Waals surface area (Å²) in [6, 6.07) is 9.98. The normalized spacial score (nSPS) is 21.1. The highest BCUT2D eigenvalue weighted by Crippen LogP contribution is 2.20. The van der Waals surface area contributed by atoms with Crippen molar-refractivity contribution in [3.8, 4) is 0 Å². The maximum Gasteiger partial charge on any atom is 0.0374 e. The van der Waals surface area contributed by atoms with Crippen molar-refractivity contribution in [2.75, 3.05) is 11.9 Å². The van der Waals surface area contributed by atoms with Crippen LogP contribution in [0.4, 0.5) is 5.69 Å². The van der Waals surface area contributed by atoms with Gasteiger partial charge in [0, 0.05) is 17.8 Å². The van der Waals surface area contributed by atoms with Gasteiger partial charge in [0.15, 0.2) is 0 Å². The number of rotatable bonds is 6. The van der Waals surface area contributed by atoms with Gasteiger partial charge in [-0.05, 0) is 50.8 Å². The topological polar surface area (TPSA) is 24.1 Å². The van der Waals surface area contributed by atoms with Crippen LogP contribution < -0.4 is 10.6 Å². The second kappa shape index (κ2) is 7.54. The summed E-state index contributed by atoms with van der Waals surface area (Å²) in [5, 5.41) is 7.34. The lowest BCUT2D eigenvalue weighted by atomic mass is 9.98. The molecular formula is C17H28N2. The Morgan fingerprint density at radius 2 is 2.16 bits per heavy atom. The molecule has 106 valence electrons. The highest BCUT2D eigenvalue weighted by molar-refractivity contribution is 5.51. The van der Waals surface area contributed by atoms with Crippen molar-refractivity contribution in [2.24, 2.45) is 0 Å². The van der Waals surface area contributed by atoms with E-state index in [-0.39, 0.29) is 0 Å². The lowest BCUT2D eigenvalue weighted by molar-refractivity contribution is 0.371. The number of hydrogen-bond donors (Lipinski definition) is 2. The molecule has 0 bridgehead atoms. The fourth-order valence-electron chi connectivity index (χ4n) is 3.02. The second-order valence-corrected chi connectivity index (χ2v) is 5.84. The zero-order valence-electron chi connectivity index (χ0n) is 12.4. The van der Waals surface area contributed by atoms with Gasteiger partial charge in [0.2, 0.25) is 0 Å². The van der Waals surface area contributed by atoms with Gasteiger partial charge in [-0.3, -0.25) is 0 Å². The third kappa shape index (κ3) is 4.54. The second-order valence-electron chi connectivity index (χ2n) is 5.84. The molecule has 2 heteroatoms. The van der Waals surface area contributed by atoms with Gasteiger partial charge in [0.1, 0.15) is 0 Å². The quantitative estimate of drug-likeness (QED) is 0.808. The molecule has 0 spiro atoms. The number of benzene rings is 1. The molecule has 19 heavy (non-hydrogen) atoms. The minimum Gasteiger partial charge on any atom is -0.382 e. The Hall–Kier alpha value is -1.02. The molecule has 1 aliphatic rings. The van der Waals surface area contributed by atoms with Gasteiger partial charge < -0.3 is 10.6 Å². The lowest BCUT2D eigenvalue weighted by Gasteiger charge is -2.27. The maximum atomic E-state index is 3.70. The molecule has 0 amide bonds. The number of nitrogens with one attached hydrogen (secondary N) is 2. The van der Waals surface area contributed by atoms with Gasteiger partial charge in [-0.15, -0.1) is 0 Å². The van der Waals surface area contributed by atoms with E-state index in [1.54, 1.807) is 0 Å². The number of hydrogen-bond acceptors (Lipinski definition) is 2. The molecule has 0 aliphatic carbocycles. The Bertz CT molecular complexity index is 369. The molecular weight excluding hydrogens is 232 g/mol. The van der Waals surface area contributed by atoms with Crippen LogP contribution in [0.5, 0.6) is 0 Å². The van der Waals surface area contributed by atoms with E-state index in [0.29, 0.717) is 12.1 Å². The van der Waals surface area contributed by atoms with Crippen LogP contribution in [-0.4, -0.2) is 18.6 Å². The van der Waals surface area contributed by atoms with E-state index in [1.165, 1.54) is 49.9 Å². The molecule has 2 nitrogen and oxygen atoms in total. The molecule has 1 saturated heterocycles. The van der Waals surface area contributed by atoms with Gasteiger partial charge in [0.25, 0.3) is 0 Å². The van der Waals surface area contributed by atoms with E-state index in [2.05, 4.69) is 48.7 Å². The molecule has 2 rings (SSSR count). The third-order valence-corrected chi connectivity index (χ3v) is 3.99. The van der Waals surface area contributed by atoms with E-state index in [9.17, 15) is 0 Å². The monoisotopic (exact) mass is 260 g/mol. The molecule has 2 unspecified atom stereocenters. The molecule has 1 fully saturated rings. The van der Waals surface area contributed by atoms with Crippen molar-refractivity contribution >= 4 is 5.69 Å². The average Bonchev–Trinajstić information content (AvgIpc) is 2.42. The molecule has 1 heterocycles. The summed E-state index contributed by atoms with van der Waals surface area (Å²) in [6.07, 6.45) is 7.66. The average molecular weight is 260 g/mol. The van der Waals surface area contributed by atoms with Gasteiger partial charge >= 0.3 is 0 Å². The van der Waals surface area contributed by atoms with Crippen LogP contribution in [0, 0.1) is 0 Å². The predicted octanol–water partition coefficient (Wildman–Crippen LogP) is 3.97. The summed E-state index contributed by atoms with van der Waals surface area (Å²) in [5.41, 5.74) is 2.78. The molecule has 1 aromatic rings. The largest absolute Gasteiger partial charge is 0.382 e. The number of aryl methyl sites for hydroxylation is 1. The number of anilines is 1. The van der Waals surface area contributed by atoms with Crippen molar-refractivity contribution in [1.29, 1.82) is 0 Å². The van der Waals surface area contributed by atoms with Crippen LogP contribution in [0.25, 0.3) is 0 Å². The van der Waals surface area contributed by atoms with E-state index in [0.717, 1.165) is 6.42 Å². The lowest BCUT2D eigenvalue weighted by Crippen LogP contribution is -2.37. The van der Waals surface area contributed by atoms with Crippen molar-refractivity contribution < 1.29 is 0 Å². The highest BCUT2D eigenvalue weighted by atomic mass is 15.0. The Morgan fingerprint density at radius 1 is 1.32 bits per heavy atom. The molecule has 1 aliphatic heterocycles. The van der Waals surface area contributed by atoms with Crippen LogP contribution in [-0.2, 0) is 6.42 Å². The van der Waals surface area contributed by atoms with Crippen LogP contribution in [0.3, 0.4) is 0 Å². The molecule has 2 N–H and O–H groups in total. The van der Waals surface area contributed by atoms with E-state index in [4.69, 9.17) is 0 Å². The van der Waals surface area contributed by atoms with Gasteiger partial charge in [-0.1, -0.05) is 38.0 Å². The summed E-state index contributed by atoms with van der Waals surface area (Å²) < 4.78 is 0. The van der Waals surface area contributed by atoms with Crippen molar-refractivity contribution in [2.45, 2.75) is 64.5 Å². The zero-order chi connectivity index (χ0) is 13.5. The summed E-state index contributed by atoms with van der Waals surface area (Å²) >= 11 is 0. The van der Waals surface area contributed by atoms with Gasteiger partial charge in [0.05, 0.1) is 0 Å². The Balaban J connectivity index is 1.88. The standard InChI is InChI=1S/C17H28N2/c1-3-8-15-9-4-5-11-17(15)19-14(2)13-16-10-6-7-12-18-16/h4-5,9,11,14,16,18-19H,3,6-8,10,12-13H2,1-2H3. The minimum absolute atomic E-state index is 0.536. The van der Waals surface area contributed by atoms with Crippen LogP contribution in [0.1, 0.15) is 51.5 Å². The van der Waals surface area contributed by atoms with Crippen molar-refractivity contribution in [1.82, 2.24) is 5.32 Å². The third-order valence-electron chi connectivity index (χ3n) is 3.99. The molecule has 0 radical (unpaired) electrons. The smallest absolute Gasteiger partial charge is 0.0374 e. The fourth-order valence-corrected chi connectivity index (χ4v) is 3.02. The van der Waals surface area contributed by atoms with Crippen LogP contribution >= 0.6 is 0 Å². The first kappa shape index (κ1) is 14.4. The zero-order valence-corrected chi connectivity index (χ0v) is 12.4. The molecule has 0 aromatic heterocycles. The highest BCUT2D eigenvalue weighted by Gasteiger charge is 2.16. The van der Waals surface area contributed by atoms with Crippen LogP contribution in [0.2, 0.25) is 0 Å². The first-order valence-corrected chi connectivity index (χ1v) is 7.87.